The maximum atomic E-state index is 12.6. The summed E-state index contributed by atoms with van der Waals surface area (Å²) in [6, 6.07) is 25.7. The molecule has 128 valence electrons. The van der Waals surface area contributed by atoms with E-state index in [2.05, 4.69) is 0 Å². The van der Waals surface area contributed by atoms with E-state index in [1.165, 1.54) is 0 Å². The lowest BCUT2D eigenvalue weighted by Gasteiger charge is -2.16. The van der Waals surface area contributed by atoms with Gasteiger partial charge in [-0.15, -0.1) is 0 Å². The number of fused-ring (bicyclic) bond motifs is 2. The van der Waals surface area contributed by atoms with E-state index in [0.29, 0.717) is 11.5 Å². The van der Waals surface area contributed by atoms with Gasteiger partial charge in [-0.05, 0) is 22.9 Å². The first-order valence-electron chi connectivity index (χ1n) is 7.80. The molecule has 0 heterocycles. The van der Waals surface area contributed by atoms with Crippen LogP contribution in [-0.2, 0) is 4.57 Å². The molecule has 4 rings (SSSR count). The Kier molecular flexibility index (Phi) is 5.54. The van der Waals surface area contributed by atoms with Gasteiger partial charge in [-0.2, -0.15) is 0 Å². The van der Waals surface area contributed by atoms with E-state index in [0.717, 1.165) is 21.5 Å². The molecule has 0 bridgehead atoms. The normalized spacial score (nSPS) is 11.1. The van der Waals surface area contributed by atoms with Crippen LogP contribution in [-0.4, -0.2) is 27.9 Å². The van der Waals surface area contributed by atoms with Crippen LogP contribution in [0.1, 0.15) is 0 Å². The van der Waals surface area contributed by atoms with Gasteiger partial charge in [0.05, 0.1) is 0 Å². The monoisotopic (exact) mass is 376 g/mol. The molecule has 0 unspecified atom stereocenters. The highest BCUT2D eigenvalue weighted by molar-refractivity contribution is 7.48. The number of hydrogen-bond acceptors (Lipinski definition) is 3. The molecule has 26 heavy (non-hydrogen) atoms. The van der Waals surface area contributed by atoms with Crippen molar-refractivity contribution >= 4 is 52.4 Å². The third-order valence-corrected chi connectivity index (χ3v) is 4.78. The molecule has 0 saturated heterocycles. The van der Waals surface area contributed by atoms with Gasteiger partial charge >= 0.3 is 30.9 Å². The fourth-order valence-electron chi connectivity index (χ4n) is 2.82. The van der Waals surface area contributed by atoms with Crippen LogP contribution in [0.25, 0.3) is 21.5 Å². The summed E-state index contributed by atoms with van der Waals surface area (Å²) in [5.74, 6) is 0.619. The van der Waals surface area contributed by atoms with Crippen LogP contribution in [0, 0.1) is 0 Å². The molecule has 0 fully saturated rings. The van der Waals surface area contributed by atoms with Crippen molar-refractivity contribution in [3.63, 3.8) is 0 Å². The Bertz CT molecular complexity index is 1020. The topological polar surface area (TPSA) is 55.8 Å². The molecule has 0 saturated carbocycles. The number of hydrogen-bond donors (Lipinski definition) is 1. The molecule has 4 aromatic rings. The van der Waals surface area contributed by atoms with E-state index in [9.17, 15) is 9.46 Å². The minimum absolute atomic E-state index is 0. The molecular weight excluding hydrogens is 359 g/mol. The smallest absolute Gasteiger partial charge is 0.395 e. The Morgan fingerprint density at radius 3 is 1.46 bits per heavy atom. The van der Waals surface area contributed by atoms with Gasteiger partial charge in [0.15, 0.2) is 0 Å². The summed E-state index contributed by atoms with van der Waals surface area (Å²) in [4.78, 5) is 10.3. The lowest BCUT2D eigenvalue weighted by atomic mass is 10.1. The second kappa shape index (κ2) is 7.68. The Balaban J connectivity index is 0.00000196. The van der Waals surface area contributed by atoms with E-state index in [-0.39, 0.29) is 23.1 Å². The van der Waals surface area contributed by atoms with Crippen molar-refractivity contribution in [2.75, 3.05) is 0 Å². The zero-order valence-corrected chi connectivity index (χ0v) is 14.1. The predicted molar refractivity (Wildman–Crippen MR) is 108 cm³/mol. The van der Waals surface area contributed by atoms with Crippen molar-refractivity contribution in [3.8, 4) is 11.5 Å². The van der Waals surface area contributed by atoms with Crippen molar-refractivity contribution < 1.29 is 18.5 Å². The molecule has 0 radical (unpaired) electrons. The molecule has 0 aliphatic rings. The molecule has 0 aromatic heterocycles. The molecule has 0 aliphatic heterocycles. The van der Waals surface area contributed by atoms with Gasteiger partial charge in [0, 0.05) is 10.8 Å². The van der Waals surface area contributed by atoms with Crippen LogP contribution in [0.3, 0.4) is 0 Å². The largest absolute Gasteiger partial charge is 0.584 e. The zero-order chi connectivity index (χ0) is 17.3. The first kappa shape index (κ1) is 18.7. The molecule has 1 N–H and O–H groups in total. The van der Waals surface area contributed by atoms with Crippen LogP contribution in [0.4, 0.5) is 0 Å². The lowest BCUT2D eigenvalue weighted by molar-refractivity contribution is 0.293. The summed E-state index contributed by atoms with van der Waals surface area (Å²) >= 11 is 0. The highest BCUT2D eigenvalue weighted by Crippen LogP contribution is 2.47. The van der Waals surface area contributed by atoms with Crippen LogP contribution in [0.5, 0.6) is 11.5 Å². The first-order valence-corrected chi connectivity index (χ1v) is 9.29. The second-order valence-corrected chi connectivity index (χ2v) is 6.91. The van der Waals surface area contributed by atoms with Gasteiger partial charge in [-0.3, -0.25) is 4.89 Å². The van der Waals surface area contributed by atoms with Crippen LogP contribution < -0.4 is 9.05 Å². The first-order chi connectivity index (χ1) is 12.1. The molecule has 0 aliphatic carbocycles. The van der Waals surface area contributed by atoms with E-state index < -0.39 is 7.82 Å². The summed E-state index contributed by atoms with van der Waals surface area (Å²) in [6.07, 6.45) is 0. The Labute approximate surface area is 167 Å². The highest BCUT2D eigenvalue weighted by atomic mass is 31.2. The summed E-state index contributed by atoms with van der Waals surface area (Å²) in [5, 5.41) is 3.34. The summed E-state index contributed by atoms with van der Waals surface area (Å²) in [6.45, 7) is 0. The maximum absolute atomic E-state index is 12.6. The van der Waals surface area contributed by atoms with E-state index in [1.807, 2.05) is 60.7 Å². The van der Waals surface area contributed by atoms with Crippen LogP contribution in [0.15, 0.2) is 84.9 Å². The molecule has 0 atom stereocenters. The zero-order valence-electron chi connectivity index (χ0n) is 13.2. The van der Waals surface area contributed by atoms with Gasteiger partial charge < -0.3 is 9.05 Å². The lowest BCUT2D eigenvalue weighted by Crippen LogP contribution is -2.00. The van der Waals surface area contributed by atoms with E-state index in [1.54, 1.807) is 24.3 Å². The Morgan fingerprint density at radius 1 is 0.615 bits per heavy atom. The summed E-state index contributed by atoms with van der Waals surface area (Å²) < 4.78 is 23.3. The van der Waals surface area contributed by atoms with Crippen molar-refractivity contribution in [2.24, 2.45) is 0 Å². The van der Waals surface area contributed by atoms with E-state index >= 15 is 0 Å². The van der Waals surface area contributed by atoms with Crippen molar-refractivity contribution in [1.29, 1.82) is 0 Å². The average molecular weight is 377 g/mol. The maximum Gasteiger partial charge on any atom is 0.584 e. The summed E-state index contributed by atoms with van der Waals surface area (Å²) in [7, 11) is -4.35. The van der Waals surface area contributed by atoms with E-state index in [4.69, 9.17) is 9.05 Å². The molecule has 6 heteroatoms. The van der Waals surface area contributed by atoms with Gasteiger partial charge in [0.1, 0.15) is 11.5 Å². The minimum Gasteiger partial charge on any atom is -0.395 e. The fourth-order valence-corrected chi connectivity index (χ4v) is 3.67. The Morgan fingerprint density at radius 2 is 1.00 bits per heavy atom. The molecular formula is C20H17MgO4P. The second-order valence-electron chi connectivity index (χ2n) is 5.61. The summed E-state index contributed by atoms with van der Waals surface area (Å²) in [5.41, 5.74) is 0. The van der Waals surface area contributed by atoms with Crippen molar-refractivity contribution in [3.05, 3.63) is 84.9 Å². The van der Waals surface area contributed by atoms with Gasteiger partial charge in [-0.1, -0.05) is 72.8 Å². The van der Waals surface area contributed by atoms with Crippen molar-refractivity contribution in [1.82, 2.24) is 0 Å². The van der Waals surface area contributed by atoms with Crippen LogP contribution in [0.2, 0.25) is 0 Å². The Hall–Kier alpha value is -2.04. The van der Waals surface area contributed by atoms with Gasteiger partial charge in [0.25, 0.3) is 0 Å². The quantitative estimate of drug-likeness (QED) is 0.416. The molecule has 0 amide bonds. The predicted octanol–water partition coefficient (Wildman–Crippen LogP) is 4.64. The van der Waals surface area contributed by atoms with Gasteiger partial charge in [0.2, 0.25) is 0 Å². The van der Waals surface area contributed by atoms with Gasteiger partial charge in [-0.25, -0.2) is 4.57 Å². The standard InChI is InChI=1S/C20H15O4P.Mg.2H/c21-25(22,23-19-13-5-9-15-7-1-3-11-17(15)19)24-20-14-6-10-16-8-2-4-12-18(16)20;;;/h1-14H,(H,21,22);;;. The SMILES string of the molecule is O=P(O)(Oc1cccc2ccccc12)Oc1cccc2ccccc12.[MgH2]. The number of benzene rings is 4. The minimum atomic E-state index is -4.35. The fraction of sp³-hybridized carbons (Fsp3) is 0. The number of phosphoric acid groups is 1. The molecule has 4 nitrogen and oxygen atoms in total. The third kappa shape index (κ3) is 3.86. The molecule has 0 spiro atoms. The highest BCUT2D eigenvalue weighted by Gasteiger charge is 2.26. The average Bonchev–Trinajstić information content (AvgIpc) is 2.62. The third-order valence-electron chi connectivity index (χ3n) is 3.93. The van der Waals surface area contributed by atoms with Crippen LogP contribution >= 0.6 is 7.82 Å². The van der Waals surface area contributed by atoms with Crippen molar-refractivity contribution in [2.45, 2.75) is 0 Å². The molecule has 4 aromatic carbocycles. The number of phosphoric ester groups is 1. The number of rotatable bonds is 4.